The Kier molecular flexibility index (Phi) is 9.61. The summed E-state index contributed by atoms with van der Waals surface area (Å²) in [6, 6.07) is 2.73. The number of hydrogen-bond acceptors (Lipinski definition) is 2. The van der Waals surface area contributed by atoms with Crippen molar-refractivity contribution < 1.29 is 87.8 Å². The lowest BCUT2D eigenvalue weighted by atomic mass is 9.98. The average Bonchev–Trinajstić information content (AvgIpc) is 4.19. The van der Waals surface area contributed by atoms with Crippen LogP contribution in [-0.4, -0.2) is 18.8 Å². The van der Waals surface area contributed by atoms with Crippen LogP contribution in [0.2, 0.25) is 0 Å². The maximum absolute atomic E-state index is 16.3. The van der Waals surface area contributed by atoms with E-state index in [1.807, 2.05) is 0 Å². The minimum Gasteiger partial charge on any atom is -0.293 e. The van der Waals surface area contributed by atoms with Gasteiger partial charge < -0.3 is 0 Å². The molecule has 0 atom stereocenters. The molecule has 9 aromatic rings. The molecule has 0 aliphatic carbocycles. The minimum atomic E-state index is -2.75. The van der Waals surface area contributed by atoms with Crippen molar-refractivity contribution in [3.05, 3.63) is 162 Å². The first kappa shape index (κ1) is 45.5. The van der Waals surface area contributed by atoms with Crippen LogP contribution in [0.3, 0.4) is 0 Å². The van der Waals surface area contributed by atoms with Gasteiger partial charge in [-0.05, 0) is 56.1 Å². The maximum atomic E-state index is 16.3. The van der Waals surface area contributed by atoms with Gasteiger partial charge in [0.2, 0.25) is 23.3 Å². The second-order valence-corrected chi connectivity index (χ2v) is 16.7. The molecule has 7 heterocycles. The SMILES string of the molecule is Fc1c(F)c(F)c(-c2c3nc4c(c(-c5c(F)c(F)c(F)c(F)c5F)c5ccc(c(-c6c(F)c(F)c(F)c(F)c6F)c6nc7c(c(-c8c(F)c(F)c(F)c(F)c8F)c8ccc2n87)C=6Br)n54)=C3Br)c(F)c1F. The van der Waals surface area contributed by atoms with Gasteiger partial charge >= 0.3 is 0 Å². The van der Waals surface area contributed by atoms with Crippen LogP contribution in [0.5, 0.6) is 0 Å². The van der Waals surface area contributed by atoms with Crippen molar-refractivity contribution in [2.75, 3.05) is 0 Å². The third-order valence-corrected chi connectivity index (χ3v) is 13.3. The molecule has 4 nitrogen and oxygen atoms in total. The van der Waals surface area contributed by atoms with Crippen LogP contribution in [0, 0.1) is 116 Å². The van der Waals surface area contributed by atoms with Gasteiger partial charge in [-0.1, -0.05) is 0 Å². The van der Waals surface area contributed by atoms with Crippen LogP contribution in [0.4, 0.5) is 87.8 Å². The number of benzene rings is 4. The number of rotatable bonds is 4. The van der Waals surface area contributed by atoms with E-state index in [4.69, 9.17) is 0 Å². The number of nitrogens with zero attached hydrogens (tertiary/aromatic N) is 4. The highest BCUT2D eigenvalue weighted by atomic mass is 79.9. The number of hydrogen-bond donors (Lipinski definition) is 0. The van der Waals surface area contributed by atoms with E-state index in [1.165, 1.54) is 0 Å². The molecule has 4 bridgehead atoms. The minimum absolute atomic E-state index is 0.494. The lowest BCUT2D eigenvalue weighted by molar-refractivity contribution is 0.381. The molecule has 70 heavy (non-hydrogen) atoms. The largest absolute Gasteiger partial charge is 0.293 e. The summed E-state index contributed by atoms with van der Waals surface area (Å²) in [4.78, 5) is 8.43. The topological polar surface area (TPSA) is 34.6 Å². The Morgan fingerprint density at radius 2 is 0.557 bits per heavy atom. The van der Waals surface area contributed by atoms with E-state index < -0.39 is 225 Å². The van der Waals surface area contributed by atoms with E-state index in [0.717, 1.165) is 0 Å². The Morgan fingerprint density at radius 1 is 0.271 bits per heavy atom. The van der Waals surface area contributed by atoms with Crippen LogP contribution < -0.4 is 10.6 Å². The number of aromatic nitrogens is 4. The lowest BCUT2D eigenvalue weighted by Crippen LogP contribution is -2.14. The second-order valence-electron chi connectivity index (χ2n) is 15.1. The van der Waals surface area contributed by atoms with Gasteiger partial charge in [0.05, 0.1) is 64.3 Å². The number of halogens is 22. The van der Waals surface area contributed by atoms with Crippen LogP contribution in [0.25, 0.3) is 86.8 Å². The van der Waals surface area contributed by atoms with E-state index in [2.05, 4.69) is 41.8 Å². The van der Waals surface area contributed by atoms with Crippen LogP contribution in [-0.2, 0) is 0 Å². The molecule has 0 N–H and O–H groups in total. The van der Waals surface area contributed by atoms with Crippen molar-refractivity contribution in [1.29, 1.82) is 0 Å². The van der Waals surface area contributed by atoms with E-state index >= 15 is 70.2 Å². The number of fused-ring (bicyclic) bond motifs is 2. The van der Waals surface area contributed by atoms with Crippen molar-refractivity contribution in [2.24, 2.45) is 0 Å². The van der Waals surface area contributed by atoms with Gasteiger partial charge in [-0.3, -0.25) is 8.80 Å². The molecule has 0 amide bonds. The first-order valence-corrected chi connectivity index (χ1v) is 20.3. The van der Waals surface area contributed by atoms with Gasteiger partial charge in [-0.15, -0.1) is 0 Å². The zero-order valence-corrected chi connectivity index (χ0v) is 35.6. The van der Waals surface area contributed by atoms with Crippen LogP contribution in [0.15, 0.2) is 24.3 Å². The van der Waals surface area contributed by atoms with Crippen LogP contribution >= 0.6 is 31.9 Å². The van der Waals surface area contributed by atoms with Gasteiger partial charge in [0, 0.05) is 33.0 Å². The molecule has 11 rings (SSSR count). The van der Waals surface area contributed by atoms with E-state index in [-0.39, 0.29) is 0 Å². The summed E-state index contributed by atoms with van der Waals surface area (Å²) >= 11 is 5.95. The maximum Gasteiger partial charge on any atom is 0.200 e. The predicted molar refractivity (Wildman–Crippen MR) is 211 cm³/mol. The fraction of sp³-hybridized carbons (Fsp3) is 0. The highest BCUT2D eigenvalue weighted by Gasteiger charge is 2.40. The summed E-state index contributed by atoms with van der Waals surface area (Å²) in [5.41, 5.74) is -20.1. The second kappa shape index (κ2) is 14.8. The normalized spacial score (nSPS) is 12.9. The zero-order valence-electron chi connectivity index (χ0n) is 32.4. The molecule has 0 spiro atoms. The monoisotopic (exact) mass is 1130 g/mol. The Morgan fingerprint density at radius 3 is 0.957 bits per heavy atom. The third-order valence-electron chi connectivity index (χ3n) is 11.8. The fourth-order valence-corrected chi connectivity index (χ4v) is 10.2. The van der Waals surface area contributed by atoms with E-state index in [1.54, 1.807) is 0 Å². The third kappa shape index (κ3) is 5.34. The summed E-state index contributed by atoms with van der Waals surface area (Å²) < 4.78 is 308. The average molecular weight is 1130 g/mol. The van der Waals surface area contributed by atoms with Gasteiger partial charge in [0.1, 0.15) is 11.3 Å². The summed E-state index contributed by atoms with van der Waals surface area (Å²) in [6.07, 6.45) is 0. The quantitative estimate of drug-likeness (QED) is 0.1000. The fourth-order valence-electron chi connectivity index (χ4n) is 8.86. The first-order chi connectivity index (χ1) is 33.0. The summed E-state index contributed by atoms with van der Waals surface area (Å²) in [5.74, 6) is -52.8. The highest BCUT2D eigenvalue weighted by Crippen LogP contribution is 2.49. The molecule has 2 aliphatic rings. The molecule has 0 saturated carbocycles. The highest BCUT2D eigenvalue weighted by molar-refractivity contribution is 9.15. The van der Waals surface area contributed by atoms with E-state index in [9.17, 15) is 17.6 Å². The molecule has 2 aliphatic heterocycles. The molecule has 5 aromatic heterocycles. The Labute approximate surface area is 386 Å². The molecule has 0 fully saturated rings. The van der Waals surface area contributed by atoms with Crippen molar-refractivity contribution in [2.45, 2.75) is 0 Å². The molecule has 354 valence electrons. The molecular formula is C44H4Br2F20N4. The van der Waals surface area contributed by atoms with Crippen LogP contribution in [0.1, 0.15) is 11.3 Å². The van der Waals surface area contributed by atoms with Crippen molar-refractivity contribution in [3.8, 4) is 44.5 Å². The molecular weight excluding hydrogens is 1120 g/mol. The van der Waals surface area contributed by atoms with Crippen molar-refractivity contribution in [3.63, 3.8) is 0 Å². The molecule has 0 unspecified atom stereocenters. The molecule has 4 aromatic carbocycles. The summed E-state index contributed by atoms with van der Waals surface area (Å²) in [5, 5.41) is -2.04. The van der Waals surface area contributed by atoms with Gasteiger partial charge in [-0.2, -0.15) is 0 Å². The van der Waals surface area contributed by atoms with Gasteiger partial charge in [-0.25, -0.2) is 97.8 Å². The predicted octanol–water partition coefficient (Wildman–Crippen LogP) is 13.0. The van der Waals surface area contributed by atoms with Gasteiger partial charge in [0.15, 0.2) is 93.1 Å². The van der Waals surface area contributed by atoms with Gasteiger partial charge in [0.25, 0.3) is 0 Å². The van der Waals surface area contributed by atoms with E-state index in [0.29, 0.717) is 33.1 Å². The molecule has 0 radical (unpaired) electrons. The Bertz CT molecular complexity index is 4160. The van der Waals surface area contributed by atoms with Crippen molar-refractivity contribution >= 4 is 74.2 Å². The van der Waals surface area contributed by atoms with Crippen molar-refractivity contribution in [1.82, 2.24) is 18.8 Å². The Hall–Kier alpha value is -6.96. The molecule has 26 heteroatoms. The first-order valence-electron chi connectivity index (χ1n) is 18.7. The summed E-state index contributed by atoms with van der Waals surface area (Å²) in [7, 11) is 0. The standard InChI is InChI=1S/C44H4Br2F20N4/c45-19-13-9(15-21(47)29(55)37(63)30(56)22(15)48)5-1-3-7-11(17-25(51)33(59)39(65)34(60)26(17)52)41-20(46)14-10(16-23(49)31(57)38(64)32(58)24(16)50)6-2-4-8(70(6)44(14)68-41)12(42(19)67-43(13)69(5)7)18-27(53)35(61)40(66)36(62)28(18)54/h1-4H. The Balaban J connectivity index is 1.51. The summed E-state index contributed by atoms with van der Waals surface area (Å²) in [6.45, 7) is 0. The lowest BCUT2D eigenvalue weighted by Gasteiger charge is -2.13. The molecule has 0 saturated heterocycles. The zero-order chi connectivity index (χ0) is 50.5. The smallest absolute Gasteiger partial charge is 0.200 e.